The molecule has 8 heavy (non-hydrogen) atoms. The molecule has 0 fully saturated rings. The van der Waals surface area contributed by atoms with Gasteiger partial charge in [-0.1, -0.05) is 0 Å². The molecule has 0 aliphatic carbocycles. The van der Waals surface area contributed by atoms with E-state index in [2.05, 4.69) is 0 Å². The number of carbonyl (C=O) groups is 1. The number of hydrogen-bond acceptors (Lipinski definition) is 2. The van der Waals surface area contributed by atoms with E-state index in [0.29, 0.717) is 0 Å². The molecule has 2 nitrogen and oxygen atoms in total. The third-order valence-corrected chi connectivity index (χ3v) is 1.35. The molecule has 0 saturated carbocycles. The maximum absolute atomic E-state index is 10.3. The summed E-state index contributed by atoms with van der Waals surface area (Å²) in [4.78, 5) is 10.3. The zero-order valence-corrected chi connectivity index (χ0v) is 6.82. The first-order valence-corrected chi connectivity index (χ1v) is 6.02. The van der Waals surface area contributed by atoms with E-state index < -0.39 is 7.49 Å². The second-order valence-electron chi connectivity index (χ2n) is 2.71. The number of hydrogen-bond donors (Lipinski definition) is 0. The Labute approximate surface area is 50.6 Å². The quantitative estimate of drug-likeness (QED) is 0.504. The summed E-state index contributed by atoms with van der Waals surface area (Å²) in [5.74, 6) is -0.163. The van der Waals surface area contributed by atoms with E-state index in [9.17, 15) is 4.79 Å². The first-order chi connectivity index (χ1) is 3.42. The van der Waals surface area contributed by atoms with Crippen LogP contribution in [0.1, 0.15) is 6.92 Å². The normalized spacial score (nSPS) is 13.0. The molecule has 0 spiro atoms. The molecule has 0 atom stereocenters. The summed E-state index contributed by atoms with van der Waals surface area (Å²) >= 11 is 0. The minimum atomic E-state index is -1.57. The van der Waals surface area contributed by atoms with Gasteiger partial charge in [0.15, 0.2) is 0 Å². The summed E-state index contributed by atoms with van der Waals surface area (Å²) in [6.45, 7) is 7.38. The molecule has 0 saturated heterocycles. The van der Waals surface area contributed by atoms with Gasteiger partial charge in [0.25, 0.3) is 0 Å². The van der Waals surface area contributed by atoms with Gasteiger partial charge in [-0.25, -0.2) is 0 Å². The third kappa shape index (κ3) is 5.90. The van der Waals surface area contributed by atoms with E-state index in [1.807, 2.05) is 20.0 Å². The van der Waals surface area contributed by atoms with Crippen molar-refractivity contribution in [1.82, 2.24) is 0 Å². The predicted molar refractivity (Wildman–Crippen MR) is 37.9 cm³/mol. The van der Waals surface area contributed by atoms with E-state index in [4.69, 9.17) is 4.52 Å². The van der Waals surface area contributed by atoms with Crippen molar-refractivity contribution in [3.8, 4) is 0 Å². The molecular weight excluding hydrogens is 123 g/mol. The van der Waals surface area contributed by atoms with Crippen molar-refractivity contribution >= 4 is 13.5 Å². The molecule has 0 bridgehead atoms. The molecule has 0 unspecified atom stereocenters. The Kier molecular flexibility index (Phi) is 2.42. The van der Waals surface area contributed by atoms with Crippen LogP contribution in [0, 0.1) is 0 Å². The van der Waals surface area contributed by atoms with Gasteiger partial charge in [-0.05, 0) is 0 Å². The van der Waals surface area contributed by atoms with Gasteiger partial charge in [-0.2, -0.15) is 0 Å². The average molecular weight is 136 g/mol. The second kappa shape index (κ2) is 2.45. The first kappa shape index (κ1) is 7.90. The Balaban J connectivity index is 3.55. The van der Waals surface area contributed by atoms with Gasteiger partial charge < -0.3 is 0 Å². The molecule has 0 amide bonds. The van der Waals surface area contributed by atoms with Crippen molar-refractivity contribution in [3.05, 3.63) is 0 Å². The molecule has 0 heterocycles. The van der Waals surface area contributed by atoms with Crippen LogP contribution in [-0.2, 0) is 9.32 Å². The van der Waals surface area contributed by atoms with E-state index in [1.165, 1.54) is 6.92 Å². The van der Waals surface area contributed by atoms with Gasteiger partial charge in [-0.15, -0.1) is 0 Å². The fourth-order valence-corrected chi connectivity index (χ4v) is 1.29. The molecule has 0 aliphatic heterocycles. The maximum atomic E-state index is 10.3. The molecule has 3 heteroatoms. The summed E-state index contributed by atoms with van der Waals surface area (Å²) in [5.41, 5.74) is 0. The molecule has 0 aromatic rings. The van der Waals surface area contributed by atoms with E-state index in [1.54, 1.807) is 0 Å². The van der Waals surface area contributed by atoms with Crippen LogP contribution in [0.15, 0.2) is 0 Å². The Morgan fingerprint density at radius 1 is 1.38 bits per heavy atom. The average Bonchev–Trinajstić information content (AvgIpc) is 1.21. The predicted octanol–water partition coefficient (Wildman–Crippen LogP) is 1.10. The van der Waals surface area contributed by atoms with Crippen LogP contribution in [0.2, 0.25) is 0 Å². The van der Waals surface area contributed by atoms with Crippen molar-refractivity contribution in [1.29, 1.82) is 0 Å². The van der Waals surface area contributed by atoms with Gasteiger partial charge in [0, 0.05) is 0 Å². The van der Waals surface area contributed by atoms with Crippen LogP contribution in [0.25, 0.3) is 0 Å². The molecule has 0 aromatic heterocycles. The van der Waals surface area contributed by atoms with Crippen LogP contribution >= 0.6 is 7.49 Å². The van der Waals surface area contributed by atoms with Gasteiger partial charge >= 0.3 is 49.7 Å². The van der Waals surface area contributed by atoms with E-state index in [-0.39, 0.29) is 5.97 Å². The molecule has 0 aliphatic rings. The fourth-order valence-electron chi connectivity index (χ4n) is 0.431. The van der Waals surface area contributed by atoms with Crippen molar-refractivity contribution in [3.63, 3.8) is 0 Å². The van der Waals surface area contributed by atoms with Crippen LogP contribution < -0.4 is 0 Å². The standard InChI is InChI=1S/C5H13O2P/c1-5(6)7-8(2,3)4/h8H,1-4H3. The van der Waals surface area contributed by atoms with Crippen molar-refractivity contribution in [2.45, 2.75) is 6.92 Å². The molecular formula is C5H13O2P. The van der Waals surface area contributed by atoms with Gasteiger partial charge in [0.1, 0.15) is 0 Å². The zero-order valence-electron chi connectivity index (χ0n) is 5.82. The molecule has 0 radical (unpaired) electrons. The van der Waals surface area contributed by atoms with Crippen LogP contribution in [0.3, 0.4) is 0 Å². The van der Waals surface area contributed by atoms with Crippen LogP contribution in [-0.4, -0.2) is 26.0 Å². The van der Waals surface area contributed by atoms with Gasteiger partial charge in [0.2, 0.25) is 0 Å². The van der Waals surface area contributed by atoms with Gasteiger partial charge in [-0.3, -0.25) is 0 Å². The summed E-state index contributed by atoms with van der Waals surface area (Å²) in [6, 6.07) is 0. The second-order valence-corrected chi connectivity index (χ2v) is 7.13. The van der Waals surface area contributed by atoms with E-state index >= 15 is 0 Å². The minimum absolute atomic E-state index is 0.163. The Hall–Kier alpha value is -0.100. The van der Waals surface area contributed by atoms with Crippen molar-refractivity contribution in [2.75, 3.05) is 20.0 Å². The van der Waals surface area contributed by atoms with Crippen molar-refractivity contribution in [2.24, 2.45) is 0 Å². The Morgan fingerprint density at radius 3 is 1.75 bits per heavy atom. The molecule has 0 rings (SSSR count). The zero-order chi connectivity index (χ0) is 6.78. The summed E-state index contributed by atoms with van der Waals surface area (Å²) in [5, 5.41) is 0. The Bertz CT molecular complexity index is 93.1. The number of carbonyl (C=O) groups excluding carboxylic acids is 1. The van der Waals surface area contributed by atoms with Crippen LogP contribution in [0.4, 0.5) is 0 Å². The molecule has 50 valence electrons. The van der Waals surface area contributed by atoms with Crippen LogP contribution in [0.5, 0.6) is 0 Å². The summed E-state index contributed by atoms with van der Waals surface area (Å²) < 4.78 is 4.94. The summed E-state index contributed by atoms with van der Waals surface area (Å²) in [7, 11) is -1.57. The van der Waals surface area contributed by atoms with E-state index in [0.717, 1.165) is 0 Å². The third-order valence-electron chi connectivity index (χ3n) is 0.450. The Morgan fingerprint density at radius 2 is 1.75 bits per heavy atom. The SMILES string of the molecule is CC(=O)O[PH](C)(C)C. The first-order valence-electron chi connectivity index (χ1n) is 2.61. The summed E-state index contributed by atoms with van der Waals surface area (Å²) in [6.07, 6.45) is 0. The molecule has 0 N–H and O–H groups in total. The molecule has 0 aromatic carbocycles. The monoisotopic (exact) mass is 136 g/mol. The van der Waals surface area contributed by atoms with Gasteiger partial charge in [0.05, 0.1) is 0 Å². The number of rotatable bonds is 1. The topological polar surface area (TPSA) is 26.3 Å². The van der Waals surface area contributed by atoms with Crippen molar-refractivity contribution < 1.29 is 9.32 Å². The fraction of sp³-hybridized carbons (Fsp3) is 0.800.